The van der Waals surface area contributed by atoms with E-state index in [0.717, 1.165) is 23.0 Å². The first-order chi connectivity index (χ1) is 6.42. The van der Waals surface area contributed by atoms with E-state index in [1.165, 1.54) is 11.3 Å². The molecular weight excluding hydrogens is 182 g/mol. The summed E-state index contributed by atoms with van der Waals surface area (Å²) < 4.78 is 0. The van der Waals surface area contributed by atoms with Crippen LogP contribution >= 0.6 is 11.3 Å². The van der Waals surface area contributed by atoms with Gasteiger partial charge in [-0.3, -0.25) is 9.78 Å². The Kier molecular flexibility index (Phi) is 2.19. The third-order valence-electron chi connectivity index (χ3n) is 1.79. The van der Waals surface area contributed by atoms with E-state index in [1.54, 1.807) is 12.4 Å². The number of nitrogens with zero attached hydrogens (tertiary/aromatic N) is 1. The highest BCUT2D eigenvalue weighted by molar-refractivity contribution is 7.08. The van der Waals surface area contributed by atoms with Crippen LogP contribution in [0.15, 0.2) is 35.3 Å². The molecule has 0 bridgehead atoms. The Bertz CT molecular complexity index is 408. The monoisotopic (exact) mass is 189 g/mol. The molecule has 0 radical (unpaired) electrons. The van der Waals surface area contributed by atoms with Crippen LogP contribution in [0.1, 0.15) is 10.4 Å². The van der Waals surface area contributed by atoms with Crippen molar-refractivity contribution in [1.29, 1.82) is 0 Å². The molecule has 2 heterocycles. The number of aldehydes is 1. The van der Waals surface area contributed by atoms with Gasteiger partial charge in [-0.15, -0.1) is 0 Å². The van der Waals surface area contributed by atoms with Gasteiger partial charge in [0.05, 0.1) is 0 Å². The van der Waals surface area contributed by atoms with Gasteiger partial charge in [-0.05, 0) is 11.4 Å². The lowest BCUT2D eigenvalue weighted by atomic mass is 10.1. The minimum atomic E-state index is 0.734. The van der Waals surface area contributed by atoms with E-state index in [9.17, 15) is 4.79 Å². The molecule has 0 atom stereocenters. The van der Waals surface area contributed by atoms with Crippen LogP contribution in [0.5, 0.6) is 0 Å². The molecule has 3 heteroatoms. The molecule has 13 heavy (non-hydrogen) atoms. The Labute approximate surface area is 79.9 Å². The number of hydrogen-bond donors (Lipinski definition) is 0. The van der Waals surface area contributed by atoms with E-state index in [4.69, 9.17) is 0 Å². The van der Waals surface area contributed by atoms with Gasteiger partial charge in [0, 0.05) is 34.5 Å². The first kappa shape index (κ1) is 8.13. The number of rotatable bonds is 2. The van der Waals surface area contributed by atoms with E-state index in [1.807, 2.05) is 22.9 Å². The lowest BCUT2D eigenvalue weighted by Crippen LogP contribution is -1.81. The number of carbonyl (C=O) groups excluding carboxylic acids is 1. The Hall–Kier alpha value is -1.48. The Morgan fingerprint density at radius 2 is 2.31 bits per heavy atom. The third-order valence-corrected chi connectivity index (χ3v) is 2.55. The van der Waals surface area contributed by atoms with Crippen LogP contribution in [0.2, 0.25) is 0 Å². The zero-order valence-corrected chi connectivity index (χ0v) is 7.62. The largest absolute Gasteiger partial charge is 0.298 e. The lowest BCUT2D eigenvalue weighted by molar-refractivity contribution is 0.112. The average molecular weight is 189 g/mol. The molecule has 0 amide bonds. The first-order valence-corrected chi connectivity index (χ1v) is 4.78. The summed E-state index contributed by atoms with van der Waals surface area (Å²) in [5, 5.41) is 3.80. The van der Waals surface area contributed by atoms with Crippen molar-refractivity contribution in [2.45, 2.75) is 0 Å². The number of hydrogen-bond acceptors (Lipinski definition) is 3. The minimum absolute atomic E-state index is 0.734. The van der Waals surface area contributed by atoms with Gasteiger partial charge >= 0.3 is 0 Å². The molecule has 0 aliphatic rings. The molecule has 2 aromatic rings. The quantitative estimate of drug-likeness (QED) is 0.680. The number of aromatic nitrogens is 1. The van der Waals surface area contributed by atoms with Crippen LogP contribution in [-0.4, -0.2) is 11.3 Å². The van der Waals surface area contributed by atoms with Gasteiger partial charge in [0.2, 0.25) is 0 Å². The summed E-state index contributed by atoms with van der Waals surface area (Å²) in [5.74, 6) is 0. The highest BCUT2D eigenvalue weighted by atomic mass is 32.1. The second-order valence-corrected chi connectivity index (χ2v) is 3.34. The second kappa shape index (κ2) is 3.49. The molecule has 0 unspecified atom stereocenters. The molecule has 0 aliphatic heterocycles. The topological polar surface area (TPSA) is 30.0 Å². The molecule has 0 aromatic carbocycles. The normalized spacial score (nSPS) is 9.85. The van der Waals surface area contributed by atoms with Gasteiger partial charge < -0.3 is 0 Å². The molecule has 64 valence electrons. The van der Waals surface area contributed by atoms with Crippen LogP contribution < -0.4 is 0 Å². The molecule has 0 fully saturated rings. The molecule has 2 nitrogen and oxygen atoms in total. The zero-order chi connectivity index (χ0) is 9.10. The number of thiophene rings is 1. The average Bonchev–Trinajstić information content (AvgIpc) is 2.67. The summed E-state index contributed by atoms with van der Waals surface area (Å²) in [6.45, 7) is 0. The first-order valence-electron chi connectivity index (χ1n) is 3.83. The van der Waals surface area contributed by atoms with Crippen molar-refractivity contribution in [1.82, 2.24) is 4.98 Å². The summed E-state index contributed by atoms with van der Waals surface area (Å²) in [5.41, 5.74) is 2.69. The second-order valence-electron chi connectivity index (χ2n) is 2.60. The summed E-state index contributed by atoms with van der Waals surface area (Å²) in [4.78, 5) is 14.7. The zero-order valence-electron chi connectivity index (χ0n) is 6.81. The molecule has 2 rings (SSSR count). The maximum atomic E-state index is 10.6. The van der Waals surface area contributed by atoms with Crippen LogP contribution in [-0.2, 0) is 0 Å². The SMILES string of the molecule is O=Cc1cscc1-c1cccnc1. The fourth-order valence-corrected chi connectivity index (χ4v) is 1.96. The van der Waals surface area contributed by atoms with Gasteiger partial charge in [-0.2, -0.15) is 11.3 Å². The van der Waals surface area contributed by atoms with Gasteiger partial charge in [0.25, 0.3) is 0 Å². The van der Waals surface area contributed by atoms with Crippen molar-refractivity contribution in [3.63, 3.8) is 0 Å². The highest BCUT2D eigenvalue weighted by Gasteiger charge is 2.04. The van der Waals surface area contributed by atoms with E-state index in [2.05, 4.69) is 4.98 Å². The van der Waals surface area contributed by atoms with Crippen LogP contribution in [0, 0.1) is 0 Å². The lowest BCUT2D eigenvalue weighted by Gasteiger charge is -1.96. The van der Waals surface area contributed by atoms with Gasteiger partial charge in [-0.1, -0.05) is 6.07 Å². The maximum Gasteiger partial charge on any atom is 0.151 e. The highest BCUT2D eigenvalue weighted by Crippen LogP contribution is 2.24. The summed E-state index contributed by atoms with van der Waals surface area (Å²) in [6.07, 6.45) is 4.35. The molecule has 0 saturated carbocycles. The van der Waals surface area contributed by atoms with Gasteiger partial charge in [-0.25, -0.2) is 0 Å². The smallest absolute Gasteiger partial charge is 0.151 e. The minimum Gasteiger partial charge on any atom is -0.298 e. The van der Waals surface area contributed by atoms with Crippen LogP contribution in [0.3, 0.4) is 0 Å². The van der Waals surface area contributed by atoms with E-state index in [0.29, 0.717) is 0 Å². The maximum absolute atomic E-state index is 10.6. The predicted molar refractivity (Wildman–Crippen MR) is 52.9 cm³/mol. The molecular formula is C10H7NOS. The van der Waals surface area contributed by atoms with Crippen molar-refractivity contribution < 1.29 is 4.79 Å². The van der Waals surface area contributed by atoms with Crippen molar-refractivity contribution in [2.24, 2.45) is 0 Å². The van der Waals surface area contributed by atoms with Crippen LogP contribution in [0.4, 0.5) is 0 Å². The molecule has 2 aromatic heterocycles. The van der Waals surface area contributed by atoms with Gasteiger partial charge in [0.15, 0.2) is 6.29 Å². The molecule has 0 spiro atoms. The molecule has 0 aliphatic carbocycles. The van der Waals surface area contributed by atoms with E-state index >= 15 is 0 Å². The van der Waals surface area contributed by atoms with Gasteiger partial charge in [0.1, 0.15) is 0 Å². The molecule has 0 N–H and O–H groups in total. The third kappa shape index (κ3) is 1.51. The fraction of sp³-hybridized carbons (Fsp3) is 0. The number of carbonyl (C=O) groups is 1. The van der Waals surface area contributed by atoms with Crippen molar-refractivity contribution in [3.05, 3.63) is 40.8 Å². The molecule has 0 saturated heterocycles. The summed E-state index contributed by atoms with van der Waals surface area (Å²) >= 11 is 1.53. The Morgan fingerprint density at radius 3 is 3.00 bits per heavy atom. The van der Waals surface area contributed by atoms with Crippen molar-refractivity contribution in [2.75, 3.05) is 0 Å². The van der Waals surface area contributed by atoms with Crippen molar-refractivity contribution in [3.8, 4) is 11.1 Å². The predicted octanol–water partition coefficient (Wildman–Crippen LogP) is 2.62. The Balaban J connectivity index is 2.52. The summed E-state index contributed by atoms with van der Waals surface area (Å²) in [6, 6.07) is 3.81. The fourth-order valence-electron chi connectivity index (χ4n) is 1.15. The number of pyridine rings is 1. The van der Waals surface area contributed by atoms with Crippen molar-refractivity contribution >= 4 is 17.6 Å². The van der Waals surface area contributed by atoms with E-state index < -0.39 is 0 Å². The standard InChI is InChI=1S/C10H7NOS/c12-5-9-6-13-7-10(9)8-2-1-3-11-4-8/h1-7H. The van der Waals surface area contributed by atoms with Crippen LogP contribution in [0.25, 0.3) is 11.1 Å². The van der Waals surface area contributed by atoms with E-state index in [-0.39, 0.29) is 0 Å². The Morgan fingerprint density at radius 1 is 1.38 bits per heavy atom. The summed E-state index contributed by atoms with van der Waals surface area (Å²) in [7, 11) is 0.